The molecular formula is C10H16O. The van der Waals surface area contributed by atoms with Crippen molar-refractivity contribution in [1.29, 1.82) is 0 Å². The highest BCUT2D eigenvalue weighted by molar-refractivity contribution is 5.95. The summed E-state index contributed by atoms with van der Waals surface area (Å²) in [4.78, 5) is 10.9. The van der Waals surface area contributed by atoms with Crippen LogP contribution in [0, 0.1) is 0 Å². The van der Waals surface area contributed by atoms with E-state index < -0.39 is 0 Å². The Morgan fingerprint density at radius 1 is 1.45 bits per heavy atom. The summed E-state index contributed by atoms with van der Waals surface area (Å²) < 4.78 is 0. The molecule has 0 N–H and O–H groups in total. The Balaban J connectivity index is 2.45. The Morgan fingerprint density at radius 2 is 2.18 bits per heavy atom. The first kappa shape index (κ1) is 8.51. The zero-order valence-electron chi connectivity index (χ0n) is 7.44. The third-order valence-electron chi connectivity index (χ3n) is 2.36. The van der Waals surface area contributed by atoms with Gasteiger partial charge in [-0.05, 0) is 38.2 Å². The van der Waals surface area contributed by atoms with E-state index in [2.05, 4.69) is 6.92 Å². The lowest BCUT2D eigenvalue weighted by Crippen LogP contribution is -2.11. The van der Waals surface area contributed by atoms with Gasteiger partial charge in [-0.3, -0.25) is 4.79 Å². The standard InChI is InChI=1S/C10H16O/c1-3-4-5-9-6-7-10(9)8(2)11/h3-7H2,1-2H3. The molecule has 1 aliphatic carbocycles. The molecule has 0 radical (unpaired) electrons. The van der Waals surface area contributed by atoms with Crippen LogP contribution in [-0.2, 0) is 4.79 Å². The molecule has 0 saturated heterocycles. The largest absolute Gasteiger partial charge is 0.295 e. The molecule has 1 heteroatoms. The predicted molar refractivity (Wildman–Crippen MR) is 46.5 cm³/mol. The van der Waals surface area contributed by atoms with Gasteiger partial charge in [0, 0.05) is 0 Å². The van der Waals surface area contributed by atoms with Gasteiger partial charge in [-0.25, -0.2) is 0 Å². The van der Waals surface area contributed by atoms with Crippen LogP contribution in [0.4, 0.5) is 0 Å². The summed E-state index contributed by atoms with van der Waals surface area (Å²) >= 11 is 0. The van der Waals surface area contributed by atoms with Crippen LogP contribution in [-0.4, -0.2) is 5.78 Å². The SMILES string of the molecule is CCCCC1=C(C(C)=O)CC1. The van der Waals surface area contributed by atoms with Crippen molar-refractivity contribution in [1.82, 2.24) is 0 Å². The Kier molecular flexibility index (Phi) is 2.86. The second-order valence-corrected chi connectivity index (χ2v) is 3.24. The van der Waals surface area contributed by atoms with Gasteiger partial charge in [-0.2, -0.15) is 0 Å². The summed E-state index contributed by atoms with van der Waals surface area (Å²) in [5.41, 5.74) is 2.55. The molecule has 0 amide bonds. The number of carbonyl (C=O) groups excluding carboxylic acids is 1. The molecule has 0 atom stereocenters. The molecule has 0 bridgehead atoms. The van der Waals surface area contributed by atoms with Crippen molar-refractivity contribution in [2.75, 3.05) is 0 Å². The quantitative estimate of drug-likeness (QED) is 0.605. The molecular weight excluding hydrogens is 136 g/mol. The van der Waals surface area contributed by atoms with Crippen LogP contribution in [0.25, 0.3) is 0 Å². The van der Waals surface area contributed by atoms with Crippen molar-refractivity contribution in [3.05, 3.63) is 11.1 Å². The smallest absolute Gasteiger partial charge is 0.155 e. The maximum Gasteiger partial charge on any atom is 0.155 e. The molecule has 0 heterocycles. The summed E-state index contributed by atoms with van der Waals surface area (Å²) in [7, 11) is 0. The number of allylic oxidation sites excluding steroid dienone is 2. The minimum absolute atomic E-state index is 0.294. The van der Waals surface area contributed by atoms with Gasteiger partial charge in [-0.15, -0.1) is 0 Å². The van der Waals surface area contributed by atoms with E-state index in [4.69, 9.17) is 0 Å². The molecule has 11 heavy (non-hydrogen) atoms. The third-order valence-corrected chi connectivity index (χ3v) is 2.36. The highest BCUT2D eigenvalue weighted by Gasteiger charge is 2.19. The van der Waals surface area contributed by atoms with E-state index in [9.17, 15) is 4.79 Å². The van der Waals surface area contributed by atoms with Crippen LogP contribution in [0.1, 0.15) is 46.0 Å². The van der Waals surface area contributed by atoms with Crippen molar-refractivity contribution in [3.63, 3.8) is 0 Å². The Hall–Kier alpha value is -0.590. The van der Waals surface area contributed by atoms with Crippen molar-refractivity contribution in [2.24, 2.45) is 0 Å². The lowest BCUT2D eigenvalue weighted by Gasteiger charge is -2.21. The van der Waals surface area contributed by atoms with Crippen molar-refractivity contribution in [2.45, 2.75) is 46.0 Å². The van der Waals surface area contributed by atoms with Crippen LogP contribution in [0.15, 0.2) is 11.1 Å². The zero-order valence-corrected chi connectivity index (χ0v) is 7.44. The van der Waals surface area contributed by atoms with Gasteiger partial charge < -0.3 is 0 Å². The number of rotatable bonds is 4. The predicted octanol–water partition coefficient (Wildman–Crippen LogP) is 2.86. The highest BCUT2D eigenvalue weighted by atomic mass is 16.1. The maximum atomic E-state index is 10.9. The number of hydrogen-bond acceptors (Lipinski definition) is 1. The number of hydrogen-bond donors (Lipinski definition) is 0. The summed E-state index contributed by atoms with van der Waals surface area (Å²) in [5, 5.41) is 0. The first-order valence-electron chi connectivity index (χ1n) is 4.47. The van der Waals surface area contributed by atoms with E-state index >= 15 is 0 Å². The molecule has 0 aliphatic heterocycles. The fraction of sp³-hybridized carbons (Fsp3) is 0.700. The van der Waals surface area contributed by atoms with Gasteiger partial charge in [0.25, 0.3) is 0 Å². The average Bonchev–Trinajstić information content (AvgIpc) is 1.84. The van der Waals surface area contributed by atoms with E-state index in [1.165, 1.54) is 24.8 Å². The van der Waals surface area contributed by atoms with Gasteiger partial charge in [0.1, 0.15) is 0 Å². The molecule has 0 saturated carbocycles. The Labute approximate surface area is 68.5 Å². The summed E-state index contributed by atoms with van der Waals surface area (Å²) in [5.74, 6) is 0.294. The molecule has 0 fully saturated rings. The minimum atomic E-state index is 0.294. The van der Waals surface area contributed by atoms with E-state index in [0.717, 1.165) is 18.4 Å². The monoisotopic (exact) mass is 152 g/mol. The Bertz CT molecular complexity index is 189. The highest BCUT2D eigenvalue weighted by Crippen LogP contribution is 2.31. The molecule has 62 valence electrons. The average molecular weight is 152 g/mol. The molecule has 0 spiro atoms. The second-order valence-electron chi connectivity index (χ2n) is 3.24. The zero-order chi connectivity index (χ0) is 8.27. The van der Waals surface area contributed by atoms with E-state index in [1.807, 2.05) is 0 Å². The van der Waals surface area contributed by atoms with Gasteiger partial charge in [0.05, 0.1) is 0 Å². The first-order valence-corrected chi connectivity index (χ1v) is 4.47. The van der Waals surface area contributed by atoms with Crippen LogP contribution in [0.5, 0.6) is 0 Å². The molecule has 1 aliphatic rings. The summed E-state index contributed by atoms with van der Waals surface area (Å²) in [6, 6.07) is 0. The molecule has 0 aromatic rings. The van der Waals surface area contributed by atoms with E-state index in [0.29, 0.717) is 5.78 Å². The molecule has 0 aromatic heterocycles. The number of carbonyl (C=O) groups is 1. The molecule has 1 rings (SSSR count). The number of Topliss-reactive ketones (excluding diaryl/α,β-unsaturated/α-hetero) is 1. The molecule has 0 unspecified atom stereocenters. The molecule has 1 nitrogen and oxygen atoms in total. The second kappa shape index (κ2) is 3.70. The van der Waals surface area contributed by atoms with Gasteiger partial charge in [0.15, 0.2) is 5.78 Å². The first-order chi connectivity index (χ1) is 5.25. The lowest BCUT2D eigenvalue weighted by molar-refractivity contribution is -0.114. The third kappa shape index (κ3) is 1.92. The van der Waals surface area contributed by atoms with Crippen LogP contribution < -0.4 is 0 Å². The van der Waals surface area contributed by atoms with E-state index in [1.54, 1.807) is 6.92 Å². The van der Waals surface area contributed by atoms with Crippen LogP contribution in [0.2, 0.25) is 0 Å². The number of unbranched alkanes of at least 4 members (excludes halogenated alkanes) is 1. The van der Waals surface area contributed by atoms with Crippen LogP contribution in [0.3, 0.4) is 0 Å². The van der Waals surface area contributed by atoms with Gasteiger partial charge >= 0.3 is 0 Å². The topological polar surface area (TPSA) is 17.1 Å². The molecule has 0 aromatic carbocycles. The fourth-order valence-electron chi connectivity index (χ4n) is 1.52. The minimum Gasteiger partial charge on any atom is -0.295 e. The Morgan fingerprint density at radius 3 is 2.55 bits per heavy atom. The number of ketones is 1. The summed E-state index contributed by atoms with van der Waals surface area (Å²) in [6.07, 6.45) is 5.84. The summed E-state index contributed by atoms with van der Waals surface area (Å²) in [6.45, 7) is 3.87. The van der Waals surface area contributed by atoms with Gasteiger partial charge in [-0.1, -0.05) is 18.9 Å². The maximum absolute atomic E-state index is 10.9. The van der Waals surface area contributed by atoms with E-state index in [-0.39, 0.29) is 0 Å². The van der Waals surface area contributed by atoms with Crippen LogP contribution >= 0.6 is 0 Å². The lowest BCUT2D eigenvalue weighted by atomic mass is 9.83. The fourth-order valence-corrected chi connectivity index (χ4v) is 1.52. The van der Waals surface area contributed by atoms with Crippen molar-refractivity contribution >= 4 is 5.78 Å². The van der Waals surface area contributed by atoms with Crippen molar-refractivity contribution in [3.8, 4) is 0 Å². The van der Waals surface area contributed by atoms with Crippen molar-refractivity contribution < 1.29 is 4.79 Å². The van der Waals surface area contributed by atoms with Gasteiger partial charge in [0.2, 0.25) is 0 Å². The normalized spacial score (nSPS) is 16.5.